The van der Waals surface area contributed by atoms with Gasteiger partial charge >= 0.3 is 5.97 Å². The molecule has 2 aromatic carbocycles. The van der Waals surface area contributed by atoms with E-state index in [2.05, 4.69) is 32.3 Å². The van der Waals surface area contributed by atoms with Crippen LogP contribution in [0.25, 0.3) is 10.9 Å². The predicted molar refractivity (Wildman–Crippen MR) is 137 cm³/mol. The Morgan fingerprint density at radius 2 is 1.97 bits per heavy atom. The number of carbonyl (C=O) groups is 3. The molecule has 34 heavy (non-hydrogen) atoms. The number of aliphatic carboxylic acids is 1. The van der Waals surface area contributed by atoms with Gasteiger partial charge in [0.2, 0.25) is 5.91 Å². The molecule has 0 bridgehead atoms. The summed E-state index contributed by atoms with van der Waals surface area (Å²) in [6.07, 6.45) is 1.70. The van der Waals surface area contributed by atoms with Gasteiger partial charge in [0.25, 0.3) is 0 Å². The maximum absolute atomic E-state index is 13.4. The lowest BCUT2D eigenvalue weighted by molar-refractivity contribution is -0.142. The number of carboxylic acid groups (broad SMARTS) is 1. The number of pyridine rings is 1. The fourth-order valence-corrected chi connectivity index (χ4v) is 5.74. The number of fused-ring (bicyclic) bond motifs is 2. The third-order valence-electron chi connectivity index (χ3n) is 6.20. The maximum Gasteiger partial charge on any atom is 0.326 e. The lowest BCUT2D eigenvalue weighted by Crippen LogP contribution is -2.46. The highest BCUT2D eigenvalue weighted by molar-refractivity contribution is 9.10. The van der Waals surface area contributed by atoms with Gasteiger partial charge in [-0.05, 0) is 54.2 Å². The lowest BCUT2D eigenvalue weighted by Gasteiger charge is -2.25. The molecular formula is C26H25BrN2O4S. The van der Waals surface area contributed by atoms with Crippen molar-refractivity contribution in [3.8, 4) is 0 Å². The zero-order valence-corrected chi connectivity index (χ0v) is 21.1. The average molecular weight is 541 g/mol. The van der Waals surface area contributed by atoms with Gasteiger partial charge in [0, 0.05) is 34.7 Å². The van der Waals surface area contributed by atoms with Crippen molar-refractivity contribution < 1.29 is 19.5 Å². The minimum absolute atomic E-state index is 0.0665. The van der Waals surface area contributed by atoms with Crippen molar-refractivity contribution in [2.45, 2.75) is 38.1 Å². The van der Waals surface area contributed by atoms with Crippen molar-refractivity contribution in [3.05, 3.63) is 75.9 Å². The number of hydrogen-bond donors (Lipinski definition) is 2. The van der Waals surface area contributed by atoms with E-state index in [1.807, 2.05) is 42.5 Å². The van der Waals surface area contributed by atoms with Crippen LogP contribution in [-0.2, 0) is 27.2 Å². The van der Waals surface area contributed by atoms with Crippen molar-refractivity contribution in [2.75, 3.05) is 5.75 Å². The molecule has 4 rings (SSSR count). The standard InChI is InChI=1S/C26H25BrN2O4S/c1-15(30)34-14-22(21-10-7-17-12-18(27)8-11-20(17)21)25(31)29-24(26(32)33)13-19-9-6-16-4-2-3-5-23(16)28-19/h2-6,8-9,11-12,21-22,24H,7,10,13-14H2,1H3,(H,29,31)(H,32,33). The number of aromatic nitrogens is 1. The molecule has 0 fully saturated rings. The van der Waals surface area contributed by atoms with Crippen LogP contribution >= 0.6 is 27.7 Å². The molecule has 8 heteroatoms. The van der Waals surface area contributed by atoms with Crippen LogP contribution in [0, 0.1) is 5.92 Å². The van der Waals surface area contributed by atoms with Crippen LogP contribution < -0.4 is 5.32 Å². The molecule has 176 valence electrons. The van der Waals surface area contributed by atoms with Gasteiger partial charge in [-0.25, -0.2) is 4.79 Å². The Balaban J connectivity index is 1.54. The first-order valence-electron chi connectivity index (χ1n) is 11.1. The van der Waals surface area contributed by atoms with Gasteiger partial charge in [-0.3, -0.25) is 14.6 Å². The van der Waals surface area contributed by atoms with Crippen LogP contribution in [0.3, 0.4) is 0 Å². The average Bonchev–Trinajstić information content (AvgIpc) is 3.21. The Labute approximate surface area is 210 Å². The number of aryl methyl sites for hydroxylation is 1. The molecule has 0 saturated heterocycles. The van der Waals surface area contributed by atoms with Gasteiger partial charge in [-0.15, -0.1) is 0 Å². The smallest absolute Gasteiger partial charge is 0.326 e. The summed E-state index contributed by atoms with van der Waals surface area (Å²) in [7, 11) is 0. The molecule has 3 atom stereocenters. The summed E-state index contributed by atoms with van der Waals surface area (Å²) in [4.78, 5) is 41.7. The summed E-state index contributed by atoms with van der Waals surface area (Å²) in [6, 6.07) is 16.2. The second-order valence-electron chi connectivity index (χ2n) is 8.50. The van der Waals surface area contributed by atoms with Crippen molar-refractivity contribution in [1.29, 1.82) is 0 Å². The molecular weight excluding hydrogens is 516 g/mol. The summed E-state index contributed by atoms with van der Waals surface area (Å²) >= 11 is 4.60. The summed E-state index contributed by atoms with van der Waals surface area (Å²) in [6.45, 7) is 1.48. The summed E-state index contributed by atoms with van der Waals surface area (Å²) in [5.41, 5.74) is 3.65. The highest BCUT2D eigenvalue weighted by Gasteiger charge is 2.36. The van der Waals surface area contributed by atoms with Gasteiger partial charge < -0.3 is 10.4 Å². The molecule has 1 aliphatic carbocycles. The number of amides is 1. The number of nitrogens with zero attached hydrogens (tertiary/aromatic N) is 1. The molecule has 1 amide bonds. The zero-order valence-electron chi connectivity index (χ0n) is 18.7. The van der Waals surface area contributed by atoms with Gasteiger partial charge in [0.1, 0.15) is 6.04 Å². The molecule has 1 heterocycles. The first-order valence-corrected chi connectivity index (χ1v) is 12.9. The third kappa shape index (κ3) is 5.67. The van der Waals surface area contributed by atoms with E-state index >= 15 is 0 Å². The second-order valence-corrected chi connectivity index (χ2v) is 10.6. The van der Waals surface area contributed by atoms with E-state index in [9.17, 15) is 19.5 Å². The maximum atomic E-state index is 13.4. The third-order valence-corrected chi connectivity index (χ3v) is 7.63. The largest absolute Gasteiger partial charge is 0.480 e. The van der Waals surface area contributed by atoms with Crippen molar-refractivity contribution in [1.82, 2.24) is 10.3 Å². The van der Waals surface area contributed by atoms with E-state index in [1.165, 1.54) is 12.5 Å². The Kier molecular flexibility index (Phi) is 7.68. The predicted octanol–water partition coefficient (Wildman–Crippen LogP) is 4.74. The first-order chi connectivity index (χ1) is 16.3. The number of nitrogens with one attached hydrogen (secondary N) is 1. The van der Waals surface area contributed by atoms with Crippen LogP contribution in [-0.4, -0.2) is 38.9 Å². The minimum atomic E-state index is -1.11. The molecule has 6 nitrogen and oxygen atoms in total. The number of halogens is 1. The minimum Gasteiger partial charge on any atom is -0.480 e. The first kappa shape index (κ1) is 24.4. The molecule has 0 saturated carbocycles. The van der Waals surface area contributed by atoms with Crippen molar-refractivity contribution in [3.63, 3.8) is 0 Å². The van der Waals surface area contributed by atoms with Gasteiger partial charge in [-0.2, -0.15) is 0 Å². The summed E-state index contributed by atoms with van der Waals surface area (Å²) < 4.78 is 0.986. The Morgan fingerprint density at radius 3 is 2.74 bits per heavy atom. The molecule has 0 spiro atoms. The number of rotatable bonds is 8. The molecule has 3 unspecified atom stereocenters. The molecule has 0 aliphatic heterocycles. The topological polar surface area (TPSA) is 96.4 Å². The van der Waals surface area contributed by atoms with Crippen LogP contribution in [0.5, 0.6) is 0 Å². The van der Waals surface area contributed by atoms with Crippen molar-refractivity contribution >= 4 is 55.6 Å². The quantitative estimate of drug-likeness (QED) is 0.428. The van der Waals surface area contributed by atoms with Crippen LogP contribution in [0.4, 0.5) is 0 Å². The molecule has 2 N–H and O–H groups in total. The molecule has 0 radical (unpaired) electrons. The van der Waals surface area contributed by atoms with E-state index < -0.39 is 17.9 Å². The molecule has 1 aliphatic rings. The number of benzene rings is 2. The van der Waals surface area contributed by atoms with E-state index in [-0.39, 0.29) is 23.4 Å². The molecule has 1 aromatic heterocycles. The zero-order chi connectivity index (χ0) is 24.2. The van der Waals surface area contributed by atoms with E-state index in [1.54, 1.807) is 6.07 Å². The highest BCUT2D eigenvalue weighted by Crippen LogP contribution is 2.41. The van der Waals surface area contributed by atoms with E-state index in [0.29, 0.717) is 11.4 Å². The fourth-order valence-electron chi connectivity index (χ4n) is 4.53. The number of hydrogen-bond acceptors (Lipinski definition) is 5. The fraction of sp³-hybridized carbons (Fsp3) is 0.308. The van der Waals surface area contributed by atoms with Gasteiger partial charge in [0.05, 0.1) is 11.4 Å². The van der Waals surface area contributed by atoms with E-state index in [4.69, 9.17) is 0 Å². The SMILES string of the molecule is CC(=O)SCC(C(=O)NC(Cc1ccc2ccccc2n1)C(=O)O)C1CCc2cc(Br)ccc21. The number of carbonyl (C=O) groups excluding carboxylic acids is 2. The normalized spacial score (nSPS) is 16.6. The number of thioether (sulfide) groups is 1. The van der Waals surface area contributed by atoms with Crippen LogP contribution in [0.2, 0.25) is 0 Å². The highest BCUT2D eigenvalue weighted by atomic mass is 79.9. The number of para-hydroxylation sites is 1. The Morgan fingerprint density at radius 1 is 1.18 bits per heavy atom. The Hall–Kier alpha value is -2.71. The Bertz CT molecular complexity index is 1250. The van der Waals surface area contributed by atoms with Crippen molar-refractivity contribution in [2.24, 2.45) is 5.92 Å². The van der Waals surface area contributed by atoms with Crippen LogP contribution in [0.1, 0.15) is 36.1 Å². The lowest BCUT2D eigenvalue weighted by atomic mass is 9.87. The van der Waals surface area contributed by atoms with Gasteiger partial charge in [0.15, 0.2) is 5.12 Å². The summed E-state index contributed by atoms with van der Waals surface area (Å²) in [5, 5.41) is 13.5. The summed E-state index contributed by atoms with van der Waals surface area (Å²) in [5.74, 6) is -1.73. The number of carboxylic acids is 1. The monoisotopic (exact) mass is 540 g/mol. The second kappa shape index (κ2) is 10.7. The van der Waals surface area contributed by atoms with Crippen LogP contribution in [0.15, 0.2) is 59.1 Å². The van der Waals surface area contributed by atoms with E-state index in [0.717, 1.165) is 45.5 Å². The van der Waals surface area contributed by atoms with Gasteiger partial charge in [-0.1, -0.05) is 58.0 Å². The molecule has 3 aromatic rings.